The third-order valence-corrected chi connectivity index (χ3v) is 3.34. The van der Waals surface area contributed by atoms with E-state index in [2.05, 4.69) is 0 Å². The number of rotatable bonds is 21. The third kappa shape index (κ3) is 20.2. The van der Waals surface area contributed by atoms with E-state index >= 15 is 0 Å². The van der Waals surface area contributed by atoms with Crippen molar-refractivity contribution in [1.82, 2.24) is 0 Å². The normalized spacial score (nSPS) is 15.0. The second kappa shape index (κ2) is 20.4. The molecule has 3 unspecified atom stereocenters. The Kier molecular flexibility index (Phi) is 20.1. The van der Waals surface area contributed by atoms with Crippen LogP contribution in [0.1, 0.15) is 20.3 Å². The molecule has 0 fully saturated rings. The van der Waals surface area contributed by atoms with Crippen molar-refractivity contribution in [2.45, 2.75) is 38.6 Å². The van der Waals surface area contributed by atoms with Gasteiger partial charge in [-0.05, 0) is 13.3 Å². The summed E-state index contributed by atoms with van der Waals surface area (Å²) in [5.41, 5.74) is 0. The van der Waals surface area contributed by atoms with Crippen LogP contribution >= 0.6 is 0 Å². The summed E-state index contributed by atoms with van der Waals surface area (Å²) in [5.74, 6) is 0. The summed E-state index contributed by atoms with van der Waals surface area (Å²) >= 11 is 0. The van der Waals surface area contributed by atoms with Crippen molar-refractivity contribution in [3.8, 4) is 0 Å². The lowest BCUT2D eigenvalue weighted by Gasteiger charge is -2.14. The van der Waals surface area contributed by atoms with Crippen molar-refractivity contribution in [2.75, 3.05) is 79.3 Å². The summed E-state index contributed by atoms with van der Waals surface area (Å²) in [4.78, 5) is 0. The summed E-state index contributed by atoms with van der Waals surface area (Å²) in [6.45, 7) is 7.69. The van der Waals surface area contributed by atoms with Gasteiger partial charge in [0.1, 0.15) is 12.2 Å². The van der Waals surface area contributed by atoms with Crippen molar-refractivity contribution in [3.63, 3.8) is 0 Å². The number of hydrogen-bond acceptors (Lipinski definition) is 9. The first-order chi connectivity index (χ1) is 13.1. The second-order valence-electron chi connectivity index (χ2n) is 5.94. The fourth-order valence-electron chi connectivity index (χ4n) is 1.81. The molecule has 0 aliphatic carbocycles. The molecule has 0 aromatic heterocycles. The molecule has 0 saturated carbocycles. The number of aliphatic hydroxyl groups is 3. The largest absolute Gasteiger partial charge is 0.391 e. The molecule has 164 valence electrons. The van der Waals surface area contributed by atoms with Gasteiger partial charge in [0.25, 0.3) is 0 Å². The van der Waals surface area contributed by atoms with E-state index in [9.17, 15) is 15.3 Å². The van der Waals surface area contributed by atoms with Gasteiger partial charge in [-0.15, -0.1) is 0 Å². The molecule has 0 aliphatic heterocycles. The minimum absolute atomic E-state index is 0.141. The van der Waals surface area contributed by atoms with Gasteiger partial charge in [-0.1, -0.05) is 6.92 Å². The Balaban J connectivity index is 3.29. The van der Waals surface area contributed by atoms with Crippen LogP contribution in [0.5, 0.6) is 0 Å². The standard InChI is InChI=1S/C18H38O9/c1-3-16(19)11-23-7-8-25-14-18(21)15-27-10-9-26-13-17(20)12-24-6-5-22-4-2/h16-21H,3-15H2,1-2H3. The molecular weight excluding hydrogens is 360 g/mol. The van der Waals surface area contributed by atoms with Crippen LogP contribution in [0, 0.1) is 0 Å². The molecule has 0 spiro atoms. The molecule has 0 aliphatic rings. The minimum atomic E-state index is -0.726. The Morgan fingerprint density at radius 1 is 0.481 bits per heavy atom. The van der Waals surface area contributed by atoms with Crippen molar-refractivity contribution in [2.24, 2.45) is 0 Å². The van der Waals surface area contributed by atoms with Gasteiger partial charge in [0.05, 0.1) is 78.8 Å². The zero-order valence-corrected chi connectivity index (χ0v) is 16.7. The molecule has 0 aromatic carbocycles. The predicted molar refractivity (Wildman–Crippen MR) is 98.9 cm³/mol. The summed E-state index contributed by atoms with van der Waals surface area (Å²) in [6, 6.07) is 0. The summed E-state index contributed by atoms with van der Waals surface area (Å²) in [6.07, 6.45) is -1.20. The van der Waals surface area contributed by atoms with Gasteiger partial charge in [0.15, 0.2) is 0 Å². The first-order valence-corrected chi connectivity index (χ1v) is 9.60. The van der Waals surface area contributed by atoms with Crippen molar-refractivity contribution >= 4 is 0 Å². The van der Waals surface area contributed by atoms with Crippen LogP contribution < -0.4 is 0 Å². The molecule has 27 heavy (non-hydrogen) atoms. The lowest BCUT2D eigenvalue weighted by atomic mass is 10.3. The highest BCUT2D eigenvalue weighted by Gasteiger charge is 2.07. The highest BCUT2D eigenvalue weighted by atomic mass is 16.6. The Morgan fingerprint density at radius 2 is 0.778 bits per heavy atom. The summed E-state index contributed by atoms with van der Waals surface area (Å²) in [5, 5.41) is 28.6. The van der Waals surface area contributed by atoms with Gasteiger partial charge in [0.2, 0.25) is 0 Å². The van der Waals surface area contributed by atoms with E-state index < -0.39 is 18.3 Å². The molecule has 0 rings (SSSR count). The molecule has 3 atom stereocenters. The molecular formula is C18H38O9. The molecule has 0 heterocycles. The summed E-state index contributed by atoms with van der Waals surface area (Å²) < 4.78 is 31.4. The summed E-state index contributed by atoms with van der Waals surface area (Å²) in [7, 11) is 0. The van der Waals surface area contributed by atoms with Crippen LogP contribution in [0.25, 0.3) is 0 Å². The molecule has 0 bridgehead atoms. The van der Waals surface area contributed by atoms with E-state index in [0.29, 0.717) is 59.3 Å². The number of hydrogen-bond donors (Lipinski definition) is 3. The fourth-order valence-corrected chi connectivity index (χ4v) is 1.81. The minimum Gasteiger partial charge on any atom is -0.391 e. The molecule has 0 radical (unpaired) electrons. The highest BCUT2D eigenvalue weighted by Crippen LogP contribution is 1.93. The van der Waals surface area contributed by atoms with Gasteiger partial charge in [-0.3, -0.25) is 0 Å². The van der Waals surface area contributed by atoms with Gasteiger partial charge >= 0.3 is 0 Å². The van der Waals surface area contributed by atoms with E-state index in [-0.39, 0.29) is 26.4 Å². The molecule has 0 amide bonds. The third-order valence-electron chi connectivity index (χ3n) is 3.34. The van der Waals surface area contributed by atoms with Crippen molar-refractivity contribution in [1.29, 1.82) is 0 Å². The molecule has 9 nitrogen and oxygen atoms in total. The second-order valence-corrected chi connectivity index (χ2v) is 5.94. The predicted octanol–water partition coefficient (Wildman–Crippen LogP) is -0.401. The number of ether oxygens (including phenoxy) is 6. The lowest BCUT2D eigenvalue weighted by molar-refractivity contribution is -0.0590. The van der Waals surface area contributed by atoms with Gasteiger partial charge in [-0.2, -0.15) is 0 Å². The van der Waals surface area contributed by atoms with E-state index in [0.717, 1.165) is 0 Å². The lowest BCUT2D eigenvalue weighted by Crippen LogP contribution is -2.26. The van der Waals surface area contributed by atoms with Crippen LogP contribution in [-0.4, -0.2) is 113 Å². The maximum absolute atomic E-state index is 9.70. The van der Waals surface area contributed by atoms with E-state index in [1.54, 1.807) is 0 Å². The first kappa shape index (κ1) is 26.6. The fraction of sp³-hybridized carbons (Fsp3) is 1.00. The maximum atomic E-state index is 9.70. The Hall–Kier alpha value is -0.360. The van der Waals surface area contributed by atoms with Crippen molar-refractivity contribution < 1.29 is 43.7 Å². The van der Waals surface area contributed by atoms with Crippen LogP contribution in [0.3, 0.4) is 0 Å². The zero-order chi connectivity index (χ0) is 20.2. The number of aliphatic hydroxyl groups excluding tert-OH is 3. The molecule has 0 saturated heterocycles. The average Bonchev–Trinajstić information content (AvgIpc) is 2.66. The van der Waals surface area contributed by atoms with E-state index in [4.69, 9.17) is 28.4 Å². The Labute approximate surface area is 162 Å². The van der Waals surface area contributed by atoms with Crippen LogP contribution in [-0.2, 0) is 28.4 Å². The highest BCUT2D eigenvalue weighted by molar-refractivity contribution is 4.53. The van der Waals surface area contributed by atoms with Gasteiger partial charge in [0, 0.05) is 6.61 Å². The Morgan fingerprint density at radius 3 is 1.07 bits per heavy atom. The van der Waals surface area contributed by atoms with Gasteiger partial charge < -0.3 is 43.7 Å². The molecule has 0 aromatic rings. The Bertz CT molecular complexity index is 294. The van der Waals surface area contributed by atoms with Crippen molar-refractivity contribution in [3.05, 3.63) is 0 Å². The topological polar surface area (TPSA) is 116 Å². The van der Waals surface area contributed by atoms with Gasteiger partial charge in [-0.25, -0.2) is 0 Å². The maximum Gasteiger partial charge on any atom is 0.101 e. The molecule has 3 N–H and O–H groups in total. The van der Waals surface area contributed by atoms with Crippen LogP contribution in [0.15, 0.2) is 0 Å². The van der Waals surface area contributed by atoms with Crippen LogP contribution in [0.4, 0.5) is 0 Å². The van der Waals surface area contributed by atoms with Crippen LogP contribution in [0.2, 0.25) is 0 Å². The van der Waals surface area contributed by atoms with E-state index in [1.165, 1.54) is 0 Å². The van der Waals surface area contributed by atoms with E-state index in [1.807, 2.05) is 13.8 Å². The molecule has 9 heteroatoms. The quantitative estimate of drug-likeness (QED) is 0.222. The zero-order valence-electron chi connectivity index (χ0n) is 16.7. The first-order valence-electron chi connectivity index (χ1n) is 9.60. The SMILES string of the molecule is CCOCCOCC(O)COCCOCC(O)COCCOCC(O)CC. The average molecular weight is 398 g/mol. The monoisotopic (exact) mass is 398 g/mol. The smallest absolute Gasteiger partial charge is 0.101 e.